The largest absolute Gasteiger partial charge is 0.480 e. The number of carboxylic acids is 1. The van der Waals surface area contributed by atoms with Crippen molar-refractivity contribution >= 4 is 5.97 Å². The van der Waals surface area contributed by atoms with Gasteiger partial charge in [-0.1, -0.05) is 13.8 Å². The second-order valence-electron chi connectivity index (χ2n) is 5.76. The molecule has 1 unspecified atom stereocenters. The second-order valence-corrected chi connectivity index (χ2v) is 5.76. The van der Waals surface area contributed by atoms with Crippen molar-refractivity contribution in [2.24, 2.45) is 11.8 Å². The van der Waals surface area contributed by atoms with Crippen molar-refractivity contribution in [3.05, 3.63) is 0 Å². The Hall–Kier alpha value is -0.610. The minimum Gasteiger partial charge on any atom is -0.480 e. The number of rotatable bonds is 8. The highest BCUT2D eigenvalue weighted by Crippen LogP contribution is 2.40. The fourth-order valence-electron chi connectivity index (χ4n) is 2.12. The Bertz CT molecular complexity index is 261. The summed E-state index contributed by atoms with van der Waals surface area (Å²) in [5, 5.41) is 12.7. The van der Waals surface area contributed by atoms with Crippen LogP contribution in [0.3, 0.4) is 0 Å². The molecule has 1 rings (SSSR count). The van der Waals surface area contributed by atoms with E-state index >= 15 is 0 Å². The average Bonchev–Trinajstić information content (AvgIpc) is 2.97. The lowest BCUT2D eigenvalue weighted by Crippen LogP contribution is -2.59. The van der Waals surface area contributed by atoms with Crippen molar-refractivity contribution in [2.45, 2.75) is 52.1 Å². The molecule has 17 heavy (non-hydrogen) atoms. The van der Waals surface area contributed by atoms with Crippen LogP contribution in [0.15, 0.2) is 0 Å². The van der Waals surface area contributed by atoms with Gasteiger partial charge in [0, 0.05) is 12.6 Å². The summed E-state index contributed by atoms with van der Waals surface area (Å²) in [6.45, 7) is 8.96. The lowest BCUT2D eigenvalue weighted by atomic mass is 9.93. The van der Waals surface area contributed by atoms with Crippen molar-refractivity contribution in [1.29, 1.82) is 0 Å². The quantitative estimate of drug-likeness (QED) is 0.683. The third-order valence-electron chi connectivity index (χ3n) is 2.98. The van der Waals surface area contributed by atoms with Gasteiger partial charge < -0.3 is 9.84 Å². The molecule has 1 fully saturated rings. The summed E-state index contributed by atoms with van der Waals surface area (Å²) in [6, 6.07) is 0.148. The van der Waals surface area contributed by atoms with E-state index in [0.29, 0.717) is 12.5 Å². The van der Waals surface area contributed by atoms with Gasteiger partial charge in [-0.25, -0.2) is 0 Å². The molecule has 0 aromatic heterocycles. The molecule has 4 nitrogen and oxygen atoms in total. The van der Waals surface area contributed by atoms with E-state index in [0.717, 1.165) is 12.8 Å². The number of hydrogen-bond donors (Lipinski definition) is 2. The molecule has 0 heterocycles. The van der Waals surface area contributed by atoms with E-state index in [4.69, 9.17) is 4.74 Å². The zero-order chi connectivity index (χ0) is 13.1. The van der Waals surface area contributed by atoms with E-state index in [-0.39, 0.29) is 18.6 Å². The lowest BCUT2D eigenvalue weighted by molar-refractivity contribution is -0.150. The van der Waals surface area contributed by atoms with Crippen LogP contribution >= 0.6 is 0 Å². The Balaban J connectivity index is 2.65. The van der Waals surface area contributed by atoms with Crippen molar-refractivity contribution in [1.82, 2.24) is 5.32 Å². The molecule has 0 amide bonds. The minimum atomic E-state index is -0.886. The summed E-state index contributed by atoms with van der Waals surface area (Å²) in [5.41, 5.74) is -0.886. The Morgan fingerprint density at radius 1 is 1.41 bits per heavy atom. The molecule has 0 bridgehead atoms. The molecule has 0 radical (unpaired) electrons. The molecule has 0 saturated heterocycles. The standard InChI is InChI=1S/C13H25NO3/c1-9(2)7-17-8-13(12(15)16,11-5-6-11)14-10(3)4/h9-11,14H,5-8H2,1-4H3,(H,15,16). The van der Waals surface area contributed by atoms with Crippen LogP contribution in [-0.4, -0.2) is 35.9 Å². The van der Waals surface area contributed by atoms with Crippen LogP contribution < -0.4 is 5.32 Å². The Morgan fingerprint density at radius 3 is 2.35 bits per heavy atom. The van der Waals surface area contributed by atoms with Gasteiger partial charge in [0.15, 0.2) is 0 Å². The average molecular weight is 243 g/mol. The third kappa shape index (κ3) is 3.96. The summed E-state index contributed by atoms with van der Waals surface area (Å²) in [4.78, 5) is 11.6. The molecule has 1 aliphatic rings. The summed E-state index contributed by atoms with van der Waals surface area (Å²) in [5.74, 6) is -0.133. The number of carbonyl (C=O) groups is 1. The van der Waals surface area contributed by atoms with Gasteiger partial charge in [-0.05, 0) is 38.5 Å². The molecular formula is C13H25NO3. The highest BCUT2D eigenvalue weighted by molar-refractivity contribution is 5.80. The first kappa shape index (κ1) is 14.5. The molecule has 0 spiro atoms. The molecule has 100 valence electrons. The first-order chi connectivity index (χ1) is 7.88. The molecular weight excluding hydrogens is 218 g/mol. The predicted octanol–water partition coefficient (Wildman–Crippen LogP) is 1.89. The molecule has 0 aromatic carbocycles. The fraction of sp³-hybridized carbons (Fsp3) is 0.923. The maximum Gasteiger partial charge on any atom is 0.326 e. The number of ether oxygens (including phenoxy) is 1. The SMILES string of the molecule is CC(C)COCC(NC(C)C)(C(=O)O)C1CC1. The van der Waals surface area contributed by atoms with Crippen LogP contribution in [0.25, 0.3) is 0 Å². The minimum absolute atomic E-state index is 0.148. The highest BCUT2D eigenvalue weighted by Gasteiger charge is 2.51. The fourth-order valence-corrected chi connectivity index (χ4v) is 2.12. The van der Waals surface area contributed by atoms with Crippen LogP contribution in [0.1, 0.15) is 40.5 Å². The summed E-state index contributed by atoms with van der Waals surface area (Å²) >= 11 is 0. The number of hydrogen-bond acceptors (Lipinski definition) is 3. The van der Waals surface area contributed by atoms with Crippen LogP contribution in [0.5, 0.6) is 0 Å². The predicted molar refractivity (Wildman–Crippen MR) is 67.0 cm³/mol. The van der Waals surface area contributed by atoms with E-state index in [2.05, 4.69) is 19.2 Å². The van der Waals surface area contributed by atoms with Crippen LogP contribution in [-0.2, 0) is 9.53 Å². The molecule has 0 aliphatic heterocycles. The lowest BCUT2D eigenvalue weighted by Gasteiger charge is -2.32. The van der Waals surface area contributed by atoms with E-state index in [1.165, 1.54) is 0 Å². The number of carboxylic acid groups (broad SMARTS) is 1. The van der Waals surface area contributed by atoms with Crippen molar-refractivity contribution < 1.29 is 14.6 Å². The normalized spacial score (nSPS) is 19.6. The summed E-state index contributed by atoms with van der Waals surface area (Å²) in [7, 11) is 0. The monoisotopic (exact) mass is 243 g/mol. The van der Waals surface area contributed by atoms with Crippen molar-refractivity contribution in [3.8, 4) is 0 Å². The zero-order valence-electron chi connectivity index (χ0n) is 11.3. The van der Waals surface area contributed by atoms with Gasteiger partial charge in [-0.3, -0.25) is 10.1 Å². The highest BCUT2D eigenvalue weighted by atomic mass is 16.5. The van der Waals surface area contributed by atoms with Crippen LogP contribution in [0, 0.1) is 11.8 Å². The van der Waals surface area contributed by atoms with Gasteiger partial charge >= 0.3 is 5.97 Å². The second kappa shape index (κ2) is 5.83. The van der Waals surface area contributed by atoms with Gasteiger partial charge in [0.25, 0.3) is 0 Å². The maximum atomic E-state index is 11.6. The first-order valence-electron chi connectivity index (χ1n) is 6.47. The Kier molecular flexibility index (Phi) is 4.95. The van der Waals surface area contributed by atoms with Gasteiger partial charge in [-0.15, -0.1) is 0 Å². The summed E-state index contributed by atoms with van der Waals surface area (Å²) in [6.07, 6.45) is 1.97. The molecule has 1 saturated carbocycles. The number of nitrogens with one attached hydrogen (secondary N) is 1. The third-order valence-corrected chi connectivity index (χ3v) is 2.98. The smallest absolute Gasteiger partial charge is 0.326 e. The van der Waals surface area contributed by atoms with E-state index in [1.54, 1.807) is 0 Å². The van der Waals surface area contributed by atoms with Crippen LogP contribution in [0.4, 0.5) is 0 Å². The van der Waals surface area contributed by atoms with Crippen molar-refractivity contribution in [2.75, 3.05) is 13.2 Å². The summed E-state index contributed by atoms with van der Waals surface area (Å²) < 4.78 is 5.58. The van der Waals surface area contributed by atoms with Gasteiger partial charge in [-0.2, -0.15) is 0 Å². The maximum absolute atomic E-state index is 11.6. The zero-order valence-corrected chi connectivity index (χ0v) is 11.3. The van der Waals surface area contributed by atoms with Crippen molar-refractivity contribution in [3.63, 3.8) is 0 Å². The van der Waals surface area contributed by atoms with Crippen LogP contribution in [0.2, 0.25) is 0 Å². The molecule has 2 N–H and O–H groups in total. The molecule has 1 aliphatic carbocycles. The molecule has 0 aromatic rings. The molecule has 4 heteroatoms. The Labute approximate surface area is 104 Å². The Morgan fingerprint density at radius 2 is 2.00 bits per heavy atom. The van der Waals surface area contributed by atoms with Gasteiger partial charge in [0.05, 0.1) is 6.61 Å². The van der Waals surface area contributed by atoms with E-state index in [1.807, 2.05) is 13.8 Å². The first-order valence-corrected chi connectivity index (χ1v) is 6.47. The van der Waals surface area contributed by atoms with Gasteiger partial charge in [0.1, 0.15) is 5.54 Å². The van der Waals surface area contributed by atoms with E-state index in [9.17, 15) is 9.90 Å². The van der Waals surface area contributed by atoms with Gasteiger partial charge in [0.2, 0.25) is 0 Å². The molecule has 1 atom stereocenters. The topological polar surface area (TPSA) is 58.6 Å². The number of aliphatic carboxylic acids is 1. The van der Waals surface area contributed by atoms with E-state index < -0.39 is 11.5 Å².